The first-order valence-corrected chi connectivity index (χ1v) is 7.22. The summed E-state index contributed by atoms with van der Waals surface area (Å²) in [5, 5.41) is 0. The number of halogens is 1. The maximum atomic E-state index is 12.9. The molecule has 0 heterocycles. The molecule has 0 aliphatic carbocycles. The van der Waals surface area contributed by atoms with Crippen LogP contribution in [0.1, 0.15) is 11.1 Å². The zero-order valence-corrected chi connectivity index (χ0v) is 13.5. The number of hydrogen-bond donors (Lipinski definition) is 0. The highest BCUT2D eigenvalue weighted by Gasteiger charge is 2.12. The number of likely N-dealkylation sites (N-methyl/N-ethyl adjacent to an activating group) is 1. The quantitative estimate of drug-likeness (QED) is 0.822. The molecule has 4 nitrogen and oxygen atoms in total. The SMILES string of the molecule is COc1ccc(CN(C)C(=O)Cc2ccc(F)cc2)cc1OC. The molecule has 2 rings (SSSR count). The topological polar surface area (TPSA) is 38.8 Å². The zero-order chi connectivity index (χ0) is 16.8. The Morgan fingerprint density at radius 1 is 1.00 bits per heavy atom. The first-order valence-electron chi connectivity index (χ1n) is 7.22. The van der Waals surface area contributed by atoms with E-state index in [1.165, 1.54) is 12.1 Å². The van der Waals surface area contributed by atoms with Gasteiger partial charge in [0.15, 0.2) is 11.5 Å². The monoisotopic (exact) mass is 317 g/mol. The summed E-state index contributed by atoms with van der Waals surface area (Å²) in [5.74, 6) is 0.937. The normalized spacial score (nSPS) is 10.3. The molecule has 0 aliphatic heterocycles. The van der Waals surface area contributed by atoms with Crippen LogP contribution in [-0.4, -0.2) is 32.1 Å². The highest BCUT2D eigenvalue weighted by Crippen LogP contribution is 2.27. The molecule has 0 saturated carbocycles. The van der Waals surface area contributed by atoms with Crippen molar-refractivity contribution >= 4 is 5.91 Å². The van der Waals surface area contributed by atoms with Crippen LogP contribution in [0.5, 0.6) is 11.5 Å². The Kier molecular flexibility index (Phi) is 5.57. The second-order valence-electron chi connectivity index (χ2n) is 5.24. The lowest BCUT2D eigenvalue weighted by molar-refractivity contribution is -0.129. The van der Waals surface area contributed by atoms with E-state index in [0.29, 0.717) is 18.0 Å². The van der Waals surface area contributed by atoms with Crippen molar-refractivity contribution in [1.29, 1.82) is 0 Å². The van der Waals surface area contributed by atoms with Crippen molar-refractivity contribution in [2.75, 3.05) is 21.3 Å². The fourth-order valence-corrected chi connectivity index (χ4v) is 2.25. The van der Waals surface area contributed by atoms with Gasteiger partial charge in [0.2, 0.25) is 5.91 Å². The summed E-state index contributed by atoms with van der Waals surface area (Å²) in [5.41, 5.74) is 1.73. The van der Waals surface area contributed by atoms with Crippen molar-refractivity contribution < 1.29 is 18.7 Å². The Labute approximate surface area is 135 Å². The molecule has 0 saturated heterocycles. The van der Waals surface area contributed by atoms with Gasteiger partial charge >= 0.3 is 0 Å². The molecule has 0 fully saturated rings. The lowest BCUT2D eigenvalue weighted by Gasteiger charge is -2.18. The van der Waals surface area contributed by atoms with Crippen LogP contribution in [0.3, 0.4) is 0 Å². The van der Waals surface area contributed by atoms with E-state index < -0.39 is 0 Å². The van der Waals surface area contributed by atoms with Crippen molar-refractivity contribution in [3.05, 3.63) is 59.4 Å². The van der Waals surface area contributed by atoms with E-state index in [-0.39, 0.29) is 18.1 Å². The Balaban J connectivity index is 2.01. The highest BCUT2D eigenvalue weighted by atomic mass is 19.1. The average Bonchev–Trinajstić information content (AvgIpc) is 2.56. The molecule has 2 aromatic rings. The third-order valence-electron chi connectivity index (χ3n) is 3.56. The molecule has 0 unspecified atom stereocenters. The van der Waals surface area contributed by atoms with Crippen LogP contribution in [0, 0.1) is 5.82 Å². The van der Waals surface area contributed by atoms with Crippen LogP contribution in [-0.2, 0) is 17.8 Å². The van der Waals surface area contributed by atoms with Crippen molar-refractivity contribution in [3.63, 3.8) is 0 Å². The van der Waals surface area contributed by atoms with Gasteiger partial charge in [-0.05, 0) is 35.4 Å². The number of carbonyl (C=O) groups is 1. The maximum absolute atomic E-state index is 12.9. The van der Waals surface area contributed by atoms with Gasteiger partial charge < -0.3 is 14.4 Å². The van der Waals surface area contributed by atoms with Crippen molar-refractivity contribution in [2.45, 2.75) is 13.0 Å². The molecular weight excluding hydrogens is 297 g/mol. The van der Waals surface area contributed by atoms with Crippen LogP contribution in [0.2, 0.25) is 0 Å². The summed E-state index contributed by atoms with van der Waals surface area (Å²) in [7, 11) is 4.89. The lowest BCUT2D eigenvalue weighted by Crippen LogP contribution is -2.27. The first-order chi connectivity index (χ1) is 11.0. The Bertz CT molecular complexity index is 670. The van der Waals surface area contributed by atoms with Crippen molar-refractivity contribution in [2.24, 2.45) is 0 Å². The minimum atomic E-state index is -0.306. The van der Waals surface area contributed by atoms with Gasteiger partial charge in [0.05, 0.1) is 20.6 Å². The van der Waals surface area contributed by atoms with Gasteiger partial charge in [0.25, 0.3) is 0 Å². The van der Waals surface area contributed by atoms with E-state index in [1.54, 1.807) is 38.3 Å². The van der Waals surface area contributed by atoms with Gasteiger partial charge in [-0.25, -0.2) is 4.39 Å². The predicted octanol–water partition coefficient (Wildman–Crippen LogP) is 3.04. The van der Waals surface area contributed by atoms with Crippen LogP contribution >= 0.6 is 0 Å². The second-order valence-corrected chi connectivity index (χ2v) is 5.24. The fourth-order valence-electron chi connectivity index (χ4n) is 2.25. The second kappa shape index (κ2) is 7.63. The van der Waals surface area contributed by atoms with Crippen LogP contribution in [0.25, 0.3) is 0 Å². The fraction of sp³-hybridized carbons (Fsp3) is 0.278. The van der Waals surface area contributed by atoms with E-state index in [1.807, 2.05) is 18.2 Å². The smallest absolute Gasteiger partial charge is 0.227 e. The molecule has 2 aromatic carbocycles. The highest BCUT2D eigenvalue weighted by molar-refractivity contribution is 5.78. The van der Waals surface area contributed by atoms with Gasteiger partial charge in [-0.3, -0.25) is 4.79 Å². The summed E-state index contributed by atoms with van der Waals surface area (Å²) < 4.78 is 23.3. The Morgan fingerprint density at radius 3 is 2.22 bits per heavy atom. The van der Waals surface area contributed by atoms with Crippen molar-refractivity contribution in [1.82, 2.24) is 4.90 Å². The largest absolute Gasteiger partial charge is 0.493 e. The first kappa shape index (κ1) is 16.8. The number of benzene rings is 2. The molecule has 0 aromatic heterocycles. The molecule has 0 bridgehead atoms. The number of rotatable bonds is 6. The van der Waals surface area contributed by atoms with Gasteiger partial charge in [-0.15, -0.1) is 0 Å². The standard InChI is InChI=1S/C18H20FNO3/c1-20(18(21)11-13-4-7-15(19)8-5-13)12-14-6-9-16(22-2)17(10-14)23-3/h4-10H,11-12H2,1-3H3. The Hall–Kier alpha value is -2.56. The molecule has 1 amide bonds. The third kappa shape index (κ3) is 4.45. The summed E-state index contributed by atoms with van der Waals surface area (Å²) in [6, 6.07) is 11.5. The van der Waals surface area contributed by atoms with Gasteiger partial charge in [-0.2, -0.15) is 0 Å². The number of nitrogens with zero attached hydrogens (tertiary/aromatic N) is 1. The van der Waals surface area contributed by atoms with E-state index in [2.05, 4.69) is 0 Å². The van der Waals surface area contributed by atoms with Crippen LogP contribution in [0.15, 0.2) is 42.5 Å². The molecule has 0 aliphatic rings. The molecular formula is C18H20FNO3. The molecule has 122 valence electrons. The number of carbonyl (C=O) groups excluding carboxylic acids is 1. The van der Waals surface area contributed by atoms with E-state index >= 15 is 0 Å². The van der Waals surface area contributed by atoms with Gasteiger partial charge in [0, 0.05) is 13.6 Å². The van der Waals surface area contributed by atoms with E-state index in [9.17, 15) is 9.18 Å². The molecule has 0 atom stereocenters. The third-order valence-corrected chi connectivity index (χ3v) is 3.56. The predicted molar refractivity (Wildman–Crippen MR) is 86.1 cm³/mol. The number of hydrogen-bond acceptors (Lipinski definition) is 3. The average molecular weight is 317 g/mol. The van der Waals surface area contributed by atoms with Gasteiger partial charge in [0.1, 0.15) is 5.82 Å². The maximum Gasteiger partial charge on any atom is 0.227 e. The van der Waals surface area contributed by atoms with Crippen LogP contribution < -0.4 is 9.47 Å². The summed E-state index contributed by atoms with van der Waals surface area (Å²) in [6.07, 6.45) is 0.240. The van der Waals surface area contributed by atoms with Gasteiger partial charge in [-0.1, -0.05) is 18.2 Å². The molecule has 0 spiro atoms. The molecule has 23 heavy (non-hydrogen) atoms. The van der Waals surface area contributed by atoms with Crippen LogP contribution in [0.4, 0.5) is 4.39 Å². The lowest BCUT2D eigenvalue weighted by atomic mass is 10.1. The molecule has 5 heteroatoms. The van der Waals surface area contributed by atoms with E-state index in [4.69, 9.17) is 9.47 Å². The zero-order valence-electron chi connectivity index (χ0n) is 13.5. The summed E-state index contributed by atoms with van der Waals surface area (Å²) in [6.45, 7) is 0.459. The minimum Gasteiger partial charge on any atom is -0.493 e. The Morgan fingerprint density at radius 2 is 1.61 bits per heavy atom. The number of methoxy groups -OCH3 is 2. The summed E-state index contributed by atoms with van der Waals surface area (Å²) >= 11 is 0. The number of amides is 1. The molecule has 0 radical (unpaired) electrons. The summed E-state index contributed by atoms with van der Waals surface area (Å²) in [4.78, 5) is 13.9. The minimum absolute atomic E-state index is 0.0357. The van der Waals surface area contributed by atoms with E-state index in [0.717, 1.165) is 11.1 Å². The number of ether oxygens (including phenoxy) is 2. The molecule has 0 N–H and O–H groups in total. The van der Waals surface area contributed by atoms with Crippen molar-refractivity contribution in [3.8, 4) is 11.5 Å².